The summed E-state index contributed by atoms with van der Waals surface area (Å²) in [7, 11) is 2.08. The van der Waals surface area contributed by atoms with Crippen LogP contribution < -0.4 is 0 Å². The van der Waals surface area contributed by atoms with Crippen LogP contribution in [0.4, 0.5) is 0 Å². The van der Waals surface area contributed by atoms with Gasteiger partial charge in [-0.2, -0.15) is 0 Å². The number of hydrogen-bond donors (Lipinski definition) is 0. The highest BCUT2D eigenvalue weighted by atomic mass is 35.5. The summed E-state index contributed by atoms with van der Waals surface area (Å²) in [5.41, 5.74) is 4.86. The third-order valence-corrected chi connectivity index (χ3v) is 3.81. The van der Waals surface area contributed by atoms with Gasteiger partial charge >= 0.3 is 0 Å². The van der Waals surface area contributed by atoms with Gasteiger partial charge in [-0.25, -0.2) is 0 Å². The number of benzene rings is 2. The summed E-state index contributed by atoms with van der Waals surface area (Å²) in [5.74, 6) is 0. The first-order valence-corrected chi connectivity index (χ1v) is 7.51. The Balaban J connectivity index is 0.00000192. The predicted molar refractivity (Wildman–Crippen MR) is 103 cm³/mol. The van der Waals surface area contributed by atoms with Gasteiger partial charge in [0.1, 0.15) is 0 Å². The molecule has 0 N–H and O–H groups in total. The zero-order valence-corrected chi connectivity index (χ0v) is 14.3. The van der Waals surface area contributed by atoms with Crippen LogP contribution in [0, 0.1) is 6.92 Å². The topological polar surface area (TPSA) is 17.3 Å². The number of aliphatic imine (C=N–C) groups is 1. The van der Waals surface area contributed by atoms with E-state index in [1.165, 1.54) is 22.0 Å². The second-order valence-electron chi connectivity index (χ2n) is 5.49. The molecule has 1 aromatic heterocycles. The summed E-state index contributed by atoms with van der Waals surface area (Å²) in [6.07, 6.45) is 6.14. The maximum atomic E-state index is 4.50. The molecule has 0 radical (unpaired) electrons. The van der Waals surface area contributed by atoms with Gasteiger partial charge in [-0.05, 0) is 24.6 Å². The van der Waals surface area contributed by atoms with Crippen molar-refractivity contribution in [3.63, 3.8) is 0 Å². The fourth-order valence-corrected chi connectivity index (χ4v) is 2.51. The average molecular weight is 325 g/mol. The lowest BCUT2D eigenvalue weighted by Gasteiger charge is -1.98. The van der Waals surface area contributed by atoms with Crippen molar-refractivity contribution < 1.29 is 0 Å². The fraction of sp³-hybridized carbons (Fsp3) is 0.150. The van der Waals surface area contributed by atoms with Gasteiger partial charge in [0.25, 0.3) is 0 Å². The lowest BCUT2D eigenvalue weighted by atomic mass is 10.1. The third kappa shape index (κ3) is 4.11. The molecule has 0 unspecified atom stereocenters. The van der Waals surface area contributed by atoms with Crippen molar-refractivity contribution in [1.29, 1.82) is 0 Å². The lowest BCUT2D eigenvalue weighted by molar-refractivity contribution is 0.957. The Bertz CT molecular complexity index is 826. The maximum absolute atomic E-state index is 4.50. The second kappa shape index (κ2) is 7.80. The Kier molecular flexibility index (Phi) is 5.78. The number of para-hydroxylation sites is 1. The molecule has 3 heteroatoms. The van der Waals surface area contributed by atoms with Crippen LogP contribution in [0.2, 0.25) is 0 Å². The Morgan fingerprint density at radius 1 is 1.04 bits per heavy atom. The van der Waals surface area contributed by atoms with E-state index in [0.717, 1.165) is 5.69 Å². The van der Waals surface area contributed by atoms with Crippen molar-refractivity contribution >= 4 is 35.6 Å². The summed E-state index contributed by atoms with van der Waals surface area (Å²) < 4.78 is 2.17. The van der Waals surface area contributed by atoms with E-state index in [9.17, 15) is 0 Å². The smallest absolute Gasteiger partial charge is 0.0596 e. The first-order valence-electron chi connectivity index (χ1n) is 7.51. The average Bonchev–Trinajstić information content (AvgIpc) is 2.86. The number of aromatic nitrogens is 1. The molecule has 2 nitrogen and oxygen atoms in total. The van der Waals surface area contributed by atoms with E-state index in [1.807, 2.05) is 6.21 Å². The Labute approximate surface area is 143 Å². The van der Waals surface area contributed by atoms with E-state index < -0.39 is 0 Å². The molecule has 2 aromatic carbocycles. The lowest BCUT2D eigenvalue weighted by Crippen LogP contribution is -1.94. The van der Waals surface area contributed by atoms with Crippen molar-refractivity contribution in [1.82, 2.24) is 4.57 Å². The van der Waals surface area contributed by atoms with Gasteiger partial charge in [-0.15, -0.1) is 12.4 Å². The Morgan fingerprint density at radius 3 is 2.52 bits per heavy atom. The molecule has 0 amide bonds. The molecular formula is C20H21ClN2. The monoisotopic (exact) mass is 324 g/mol. The minimum Gasteiger partial charge on any atom is -0.343 e. The molecule has 0 saturated heterocycles. The fourth-order valence-electron chi connectivity index (χ4n) is 2.51. The summed E-state index contributed by atoms with van der Waals surface area (Å²) in [6.45, 7) is 2.79. The van der Waals surface area contributed by atoms with Crippen LogP contribution in [0.15, 0.2) is 65.7 Å². The van der Waals surface area contributed by atoms with Gasteiger partial charge in [0.05, 0.1) is 12.2 Å². The van der Waals surface area contributed by atoms with Crippen LogP contribution in [-0.4, -0.2) is 17.3 Å². The molecule has 0 bridgehead atoms. The van der Waals surface area contributed by atoms with Gasteiger partial charge in [-0.1, -0.05) is 60.2 Å². The molecule has 118 valence electrons. The van der Waals surface area contributed by atoms with Crippen LogP contribution in [0.3, 0.4) is 0 Å². The summed E-state index contributed by atoms with van der Waals surface area (Å²) in [4.78, 5) is 4.50. The molecule has 0 aliphatic heterocycles. The molecule has 0 fully saturated rings. The van der Waals surface area contributed by atoms with Crippen LogP contribution in [0.25, 0.3) is 17.0 Å². The molecule has 0 aliphatic carbocycles. The summed E-state index contributed by atoms with van der Waals surface area (Å²) in [5, 5.41) is 1.25. The highest BCUT2D eigenvalue weighted by molar-refractivity contribution is 5.90. The number of halogens is 1. The van der Waals surface area contributed by atoms with Crippen LogP contribution in [0.5, 0.6) is 0 Å². The van der Waals surface area contributed by atoms with Gasteiger partial charge in [-0.3, -0.25) is 4.99 Å². The quantitative estimate of drug-likeness (QED) is 0.598. The zero-order chi connectivity index (χ0) is 15.4. The van der Waals surface area contributed by atoms with E-state index in [4.69, 9.17) is 0 Å². The van der Waals surface area contributed by atoms with Crippen LogP contribution >= 0.6 is 12.4 Å². The predicted octanol–water partition coefficient (Wildman–Crippen LogP) is 5.04. The van der Waals surface area contributed by atoms with Gasteiger partial charge in [0.15, 0.2) is 0 Å². The van der Waals surface area contributed by atoms with E-state index >= 15 is 0 Å². The molecule has 0 spiro atoms. The van der Waals surface area contributed by atoms with E-state index in [0.29, 0.717) is 6.54 Å². The SMILES string of the molecule is Cc1ccc(/C=C/CN=Cc2cc3ccccc3n2C)cc1.Cl. The maximum Gasteiger partial charge on any atom is 0.0596 e. The molecule has 0 saturated carbocycles. The zero-order valence-electron chi connectivity index (χ0n) is 13.4. The Morgan fingerprint density at radius 2 is 1.78 bits per heavy atom. The number of nitrogens with zero attached hydrogens (tertiary/aromatic N) is 2. The third-order valence-electron chi connectivity index (χ3n) is 3.81. The number of rotatable bonds is 4. The standard InChI is InChI=1S/C20H20N2.ClH/c1-16-9-11-17(12-10-16)6-5-13-21-15-19-14-18-7-3-4-8-20(18)22(19)2;/h3-12,14-15H,13H2,1-2H3;1H/b6-5+,21-15?;. The normalized spacial score (nSPS) is 11.4. The van der Waals surface area contributed by atoms with Crippen molar-refractivity contribution in [2.24, 2.45) is 12.0 Å². The number of aryl methyl sites for hydroxylation is 2. The van der Waals surface area contributed by atoms with Crippen LogP contribution in [-0.2, 0) is 7.05 Å². The van der Waals surface area contributed by atoms with Crippen LogP contribution in [0.1, 0.15) is 16.8 Å². The van der Waals surface area contributed by atoms with Gasteiger partial charge in [0.2, 0.25) is 0 Å². The van der Waals surface area contributed by atoms with Crippen molar-refractivity contribution in [2.45, 2.75) is 6.92 Å². The molecule has 0 atom stereocenters. The molecular weight excluding hydrogens is 304 g/mol. The van der Waals surface area contributed by atoms with Gasteiger partial charge in [0, 0.05) is 24.2 Å². The summed E-state index contributed by atoms with van der Waals surface area (Å²) in [6, 6.07) is 19.0. The minimum atomic E-state index is 0. The molecule has 3 aromatic rings. The minimum absolute atomic E-state index is 0. The summed E-state index contributed by atoms with van der Waals surface area (Å²) >= 11 is 0. The molecule has 23 heavy (non-hydrogen) atoms. The van der Waals surface area contributed by atoms with E-state index in [1.54, 1.807) is 0 Å². The van der Waals surface area contributed by atoms with Crippen molar-refractivity contribution in [2.75, 3.05) is 6.54 Å². The Hall–Kier alpha value is -2.32. The second-order valence-corrected chi connectivity index (χ2v) is 5.49. The highest BCUT2D eigenvalue weighted by Gasteiger charge is 2.01. The molecule has 0 aliphatic rings. The largest absolute Gasteiger partial charge is 0.343 e. The number of fused-ring (bicyclic) bond motifs is 1. The number of hydrogen-bond acceptors (Lipinski definition) is 1. The van der Waals surface area contributed by atoms with Gasteiger partial charge < -0.3 is 4.57 Å². The first kappa shape index (κ1) is 17.0. The first-order chi connectivity index (χ1) is 10.7. The molecule has 1 heterocycles. The highest BCUT2D eigenvalue weighted by Crippen LogP contribution is 2.16. The van der Waals surface area contributed by atoms with Crippen molar-refractivity contribution in [3.05, 3.63) is 77.5 Å². The van der Waals surface area contributed by atoms with E-state index in [-0.39, 0.29) is 12.4 Å². The van der Waals surface area contributed by atoms with Crippen molar-refractivity contribution in [3.8, 4) is 0 Å². The van der Waals surface area contributed by atoms with E-state index in [2.05, 4.69) is 90.3 Å². The molecule has 3 rings (SSSR count).